The number of ether oxygens (including phenoxy) is 2. The Kier molecular flexibility index (Phi) is 6.65. The van der Waals surface area contributed by atoms with Gasteiger partial charge in [-0.05, 0) is 54.2 Å². The van der Waals surface area contributed by atoms with Crippen molar-refractivity contribution in [3.05, 3.63) is 65.1 Å². The Hall–Kier alpha value is -3.39. The molecule has 0 spiro atoms. The van der Waals surface area contributed by atoms with E-state index in [2.05, 4.69) is 0 Å². The van der Waals surface area contributed by atoms with E-state index in [4.69, 9.17) is 9.47 Å². The minimum atomic E-state index is -0.419. The summed E-state index contributed by atoms with van der Waals surface area (Å²) < 4.78 is 24.1. The number of aliphatic hydroxyl groups is 1. The van der Waals surface area contributed by atoms with E-state index < -0.39 is 11.8 Å². The van der Waals surface area contributed by atoms with Crippen molar-refractivity contribution in [2.75, 3.05) is 33.9 Å². The number of hydrogen-bond donors (Lipinski definition) is 1. The van der Waals surface area contributed by atoms with E-state index >= 15 is 0 Å². The van der Waals surface area contributed by atoms with Crippen molar-refractivity contribution >= 4 is 17.4 Å². The van der Waals surface area contributed by atoms with Gasteiger partial charge in [-0.15, -0.1) is 0 Å². The number of hydrogen-bond acceptors (Lipinski definition) is 6. The zero-order chi connectivity index (χ0) is 23.5. The monoisotopic (exact) mass is 454 g/mol. The molecule has 0 saturated carbocycles. The van der Waals surface area contributed by atoms with Gasteiger partial charge in [0, 0.05) is 19.7 Å². The second-order valence-corrected chi connectivity index (χ2v) is 8.25. The number of likely N-dealkylation sites (tertiary alicyclic amines) is 1. The molecule has 1 saturated heterocycles. The van der Waals surface area contributed by atoms with E-state index in [1.54, 1.807) is 30.3 Å². The second-order valence-electron chi connectivity index (χ2n) is 8.25. The summed E-state index contributed by atoms with van der Waals surface area (Å²) in [5.41, 5.74) is 1.82. The highest BCUT2D eigenvalue weighted by Gasteiger charge is 2.42. The highest BCUT2D eigenvalue weighted by molar-refractivity contribution is 6.35. The van der Waals surface area contributed by atoms with Crippen molar-refractivity contribution in [1.82, 2.24) is 9.80 Å². The predicted octanol–water partition coefficient (Wildman–Crippen LogP) is 2.83. The SMILES string of the molecule is COc1ccc(C2=C(N3CCCC(CO)C3)C(=O)N(Cc3ccc(F)cc3)C2=O)cc1OC. The summed E-state index contributed by atoms with van der Waals surface area (Å²) in [6.45, 7) is 1.17. The van der Waals surface area contributed by atoms with Crippen molar-refractivity contribution in [3.63, 3.8) is 0 Å². The van der Waals surface area contributed by atoms with Gasteiger partial charge in [-0.2, -0.15) is 0 Å². The zero-order valence-electron chi connectivity index (χ0n) is 18.7. The first-order valence-electron chi connectivity index (χ1n) is 10.9. The fourth-order valence-electron chi connectivity index (χ4n) is 4.44. The minimum absolute atomic E-state index is 0.0247. The highest BCUT2D eigenvalue weighted by Crippen LogP contribution is 2.38. The average molecular weight is 454 g/mol. The molecule has 8 heteroatoms. The Morgan fingerprint density at radius 3 is 2.42 bits per heavy atom. The van der Waals surface area contributed by atoms with Crippen LogP contribution >= 0.6 is 0 Å². The third-order valence-electron chi connectivity index (χ3n) is 6.16. The van der Waals surface area contributed by atoms with Gasteiger partial charge in [0.25, 0.3) is 11.8 Å². The molecular weight excluding hydrogens is 427 g/mol. The van der Waals surface area contributed by atoms with E-state index in [0.29, 0.717) is 47.0 Å². The van der Waals surface area contributed by atoms with E-state index in [1.165, 1.54) is 31.3 Å². The standard InChI is InChI=1S/C25H27FN2O5/c1-32-20-10-7-18(12-21(20)33-2)22-23(27-11-3-4-17(13-27)15-29)25(31)28(24(22)30)14-16-5-8-19(26)9-6-16/h5-10,12,17,29H,3-4,11,13-15H2,1-2H3. The van der Waals surface area contributed by atoms with Crippen LogP contribution in [0, 0.1) is 11.7 Å². The highest BCUT2D eigenvalue weighted by atomic mass is 19.1. The number of carbonyl (C=O) groups is 2. The number of aliphatic hydroxyl groups excluding tert-OH is 1. The Morgan fingerprint density at radius 2 is 1.76 bits per heavy atom. The molecule has 2 aromatic carbocycles. The molecule has 0 radical (unpaired) electrons. The fraction of sp³-hybridized carbons (Fsp3) is 0.360. The van der Waals surface area contributed by atoms with Crippen molar-refractivity contribution in [1.29, 1.82) is 0 Å². The van der Waals surface area contributed by atoms with Gasteiger partial charge in [0.2, 0.25) is 0 Å². The van der Waals surface area contributed by atoms with Gasteiger partial charge in [0.15, 0.2) is 11.5 Å². The normalized spacial score (nSPS) is 18.8. The number of methoxy groups -OCH3 is 2. The summed E-state index contributed by atoms with van der Waals surface area (Å²) in [6, 6.07) is 10.9. The number of amides is 2. The quantitative estimate of drug-likeness (QED) is 0.649. The molecule has 0 aliphatic carbocycles. The van der Waals surface area contributed by atoms with Crippen molar-refractivity contribution in [3.8, 4) is 11.5 Å². The maximum Gasteiger partial charge on any atom is 0.278 e. The van der Waals surface area contributed by atoms with Crippen LogP contribution in [0.4, 0.5) is 4.39 Å². The lowest BCUT2D eigenvalue weighted by atomic mass is 9.96. The molecule has 1 atom stereocenters. The minimum Gasteiger partial charge on any atom is -0.493 e. The first-order valence-corrected chi connectivity index (χ1v) is 10.9. The number of carbonyl (C=O) groups excluding carboxylic acids is 2. The summed E-state index contributed by atoms with van der Waals surface area (Å²) in [4.78, 5) is 30.2. The molecule has 7 nitrogen and oxygen atoms in total. The number of halogens is 1. The molecule has 1 N–H and O–H groups in total. The molecule has 174 valence electrons. The maximum absolute atomic E-state index is 13.6. The molecule has 1 fully saturated rings. The molecule has 2 heterocycles. The van der Waals surface area contributed by atoms with Crippen LogP contribution in [0.15, 0.2) is 48.2 Å². The third-order valence-corrected chi connectivity index (χ3v) is 6.16. The topological polar surface area (TPSA) is 79.3 Å². The molecule has 0 bridgehead atoms. The van der Waals surface area contributed by atoms with Crippen LogP contribution in [0.5, 0.6) is 11.5 Å². The number of imide groups is 1. The third kappa shape index (κ3) is 4.43. The van der Waals surface area contributed by atoms with Crippen LogP contribution < -0.4 is 9.47 Å². The van der Waals surface area contributed by atoms with Crippen molar-refractivity contribution in [2.45, 2.75) is 19.4 Å². The lowest BCUT2D eigenvalue weighted by Gasteiger charge is -2.34. The summed E-state index contributed by atoms with van der Waals surface area (Å²) >= 11 is 0. The summed E-state index contributed by atoms with van der Waals surface area (Å²) in [6.07, 6.45) is 1.68. The average Bonchev–Trinajstić information content (AvgIpc) is 3.09. The number of nitrogens with zero attached hydrogens (tertiary/aromatic N) is 2. The Morgan fingerprint density at radius 1 is 1.03 bits per heavy atom. The van der Waals surface area contributed by atoms with Crippen molar-refractivity contribution < 1.29 is 28.6 Å². The maximum atomic E-state index is 13.6. The van der Waals surface area contributed by atoms with Gasteiger partial charge >= 0.3 is 0 Å². The van der Waals surface area contributed by atoms with Gasteiger partial charge in [0.1, 0.15) is 11.5 Å². The molecular formula is C25H27FN2O5. The number of benzene rings is 2. The Balaban J connectivity index is 1.76. The van der Waals surface area contributed by atoms with Crippen LogP contribution in [0.2, 0.25) is 0 Å². The molecule has 2 aromatic rings. The summed E-state index contributed by atoms with van der Waals surface area (Å²) in [7, 11) is 3.04. The van der Waals surface area contributed by atoms with Gasteiger partial charge in [-0.3, -0.25) is 14.5 Å². The van der Waals surface area contributed by atoms with E-state index in [0.717, 1.165) is 12.8 Å². The van der Waals surface area contributed by atoms with Gasteiger partial charge < -0.3 is 19.5 Å². The van der Waals surface area contributed by atoms with Crippen molar-refractivity contribution in [2.24, 2.45) is 5.92 Å². The van der Waals surface area contributed by atoms with Crippen LogP contribution in [0.25, 0.3) is 5.57 Å². The molecule has 2 aliphatic heterocycles. The zero-order valence-corrected chi connectivity index (χ0v) is 18.7. The van der Waals surface area contributed by atoms with E-state index in [1.807, 2.05) is 4.90 Å². The van der Waals surface area contributed by atoms with Gasteiger partial charge in [-0.1, -0.05) is 18.2 Å². The lowest BCUT2D eigenvalue weighted by Crippen LogP contribution is -2.40. The van der Waals surface area contributed by atoms with E-state index in [9.17, 15) is 19.1 Å². The Labute approximate surface area is 192 Å². The number of piperidine rings is 1. The predicted molar refractivity (Wildman–Crippen MR) is 120 cm³/mol. The van der Waals surface area contributed by atoms with Crippen LogP contribution in [0.1, 0.15) is 24.0 Å². The molecule has 2 amide bonds. The Bertz CT molecular complexity index is 1080. The first-order chi connectivity index (χ1) is 16.0. The number of rotatable bonds is 7. The van der Waals surface area contributed by atoms with Gasteiger partial charge in [0.05, 0.1) is 26.3 Å². The molecule has 4 rings (SSSR count). The van der Waals surface area contributed by atoms with Crippen LogP contribution in [0.3, 0.4) is 0 Å². The summed E-state index contributed by atoms with van der Waals surface area (Å²) in [5, 5.41) is 9.68. The summed E-state index contributed by atoms with van der Waals surface area (Å²) in [5.74, 6) is -0.198. The largest absolute Gasteiger partial charge is 0.493 e. The van der Waals surface area contributed by atoms with Crippen LogP contribution in [-0.2, 0) is 16.1 Å². The molecule has 2 aliphatic rings. The molecule has 0 aromatic heterocycles. The molecule has 1 unspecified atom stereocenters. The van der Waals surface area contributed by atoms with Crippen LogP contribution in [-0.4, -0.2) is 60.6 Å². The first kappa shape index (κ1) is 22.8. The fourth-order valence-corrected chi connectivity index (χ4v) is 4.44. The second kappa shape index (κ2) is 9.62. The smallest absolute Gasteiger partial charge is 0.278 e. The van der Waals surface area contributed by atoms with Gasteiger partial charge in [-0.25, -0.2) is 4.39 Å². The molecule has 33 heavy (non-hydrogen) atoms. The van der Waals surface area contributed by atoms with E-state index in [-0.39, 0.29) is 24.9 Å². The lowest BCUT2D eigenvalue weighted by molar-refractivity contribution is -0.138.